The van der Waals surface area contributed by atoms with E-state index in [2.05, 4.69) is 15.9 Å². The van der Waals surface area contributed by atoms with Crippen molar-refractivity contribution in [3.63, 3.8) is 0 Å². The second kappa shape index (κ2) is 5.67. The molecule has 0 spiro atoms. The van der Waals surface area contributed by atoms with Crippen LogP contribution in [0.4, 0.5) is 8.78 Å². The van der Waals surface area contributed by atoms with E-state index in [9.17, 15) is 8.78 Å². The molecule has 1 aromatic rings. The summed E-state index contributed by atoms with van der Waals surface area (Å²) < 4.78 is 27.8. The van der Waals surface area contributed by atoms with E-state index < -0.39 is 17.7 Å². The van der Waals surface area contributed by atoms with E-state index in [-0.39, 0.29) is 15.3 Å². The van der Waals surface area contributed by atoms with Crippen LogP contribution >= 0.6 is 27.7 Å². The fraction of sp³-hybridized carbons (Fsp3) is 0.500. The standard InChI is InChI=1S/C12H14BrF2NS/c13-7-4-5-8(14)10(11(7)15)12(16)9-3-1-2-6-17-9/h4-5,9,12H,1-3,6,16H2. The Hall–Kier alpha value is -0.130. The number of hydrogen-bond acceptors (Lipinski definition) is 2. The zero-order valence-electron chi connectivity index (χ0n) is 9.26. The number of hydrogen-bond donors (Lipinski definition) is 1. The molecule has 1 fully saturated rings. The first-order valence-electron chi connectivity index (χ1n) is 5.62. The molecule has 1 nitrogen and oxygen atoms in total. The molecule has 0 bridgehead atoms. The SMILES string of the molecule is NC(c1c(F)ccc(Br)c1F)C1CCCCS1. The molecule has 0 radical (unpaired) electrons. The molecule has 0 aromatic heterocycles. The Bertz CT molecular complexity index is 408. The third-order valence-corrected chi connectivity index (χ3v) is 5.12. The highest BCUT2D eigenvalue weighted by atomic mass is 79.9. The van der Waals surface area contributed by atoms with Crippen LogP contribution in [0.1, 0.15) is 30.9 Å². The molecule has 1 aliphatic rings. The van der Waals surface area contributed by atoms with Gasteiger partial charge in [0.1, 0.15) is 11.6 Å². The summed E-state index contributed by atoms with van der Waals surface area (Å²) in [5.74, 6) is -0.0941. The van der Waals surface area contributed by atoms with E-state index in [0.717, 1.165) is 25.0 Å². The minimum atomic E-state index is -0.571. The molecule has 2 N–H and O–H groups in total. The van der Waals surface area contributed by atoms with Gasteiger partial charge in [0, 0.05) is 16.9 Å². The van der Waals surface area contributed by atoms with E-state index in [1.807, 2.05) is 0 Å². The van der Waals surface area contributed by atoms with Crippen molar-refractivity contribution < 1.29 is 8.78 Å². The van der Waals surface area contributed by atoms with Crippen molar-refractivity contribution >= 4 is 27.7 Å². The third-order valence-electron chi connectivity index (χ3n) is 3.03. The zero-order chi connectivity index (χ0) is 12.4. The van der Waals surface area contributed by atoms with Crippen LogP contribution in [-0.4, -0.2) is 11.0 Å². The lowest BCUT2D eigenvalue weighted by molar-refractivity contribution is 0.498. The van der Waals surface area contributed by atoms with E-state index in [0.29, 0.717) is 0 Å². The minimum Gasteiger partial charge on any atom is -0.323 e. The van der Waals surface area contributed by atoms with Gasteiger partial charge < -0.3 is 5.73 Å². The molecule has 2 atom stereocenters. The van der Waals surface area contributed by atoms with Crippen LogP contribution in [0.5, 0.6) is 0 Å². The fourth-order valence-electron chi connectivity index (χ4n) is 2.08. The Morgan fingerprint density at radius 1 is 1.35 bits per heavy atom. The van der Waals surface area contributed by atoms with Gasteiger partial charge in [-0.3, -0.25) is 0 Å². The van der Waals surface area contributed by atoms with Crippen molar-refractivity contribution in [2.24, 2.45) is 5.73 Å². The van der Waals surface area contributed by atoms with Crippen LogP contribution in [0.3, 0.4) is 0 Å². The molecule has 2 unspecified atom stereocenters. The van der Waals surface area contributed by atoms with Crippen LogP contribution in [0.25, 0.3) is 0 Å². The second-order valence-corrected chi connectivity index (χ2v) is 6.39. The summed E-state index contributed by atoms with van der Waals surface area (Å²) in [7, 11) is 0. The van der Waals surface area contributed by atoms with Crippen LogP contribution in [0.15, 0.2) is 16.6 Å². The molecule has 1 heterocycles. The summed E-state index contributed by atoms with van der Waals surface area (Å²) >= 11 is 4.78. The highest BCUT2D eigenvalue weighted by Gasteiger charge is 2.27. The fourth-order valence-corrected chi connectivity index (χ4v) is 3.78. The summed E-state index contributed by atoms with van der Waals surface area (Å²) in [5, 5.41) is 0.113. The van der Waals surface area contributed by atoms with E-state index in [4.69, 9.17) is 5.73 Å². The maximum Gasteiger partial charge on any atom is 0.145 e. The first-order valence-corrected chi connectivity index (χ1v) is 7.46. The number of halogens is 3. The maximum atomic E-state index is 13.9. The molecule has 1 aromatic carbocycles. The third kappa shape index (κ3) is 2.83. The molecule has 17 heavy (non-hydrogen) atoms. The molecule has 0 amide bonds. The molecule has 1 aliphatic heterocycles. The highest BCUT2D eigenvalue weighted by Crippen LogP contribution is 2.36. The molecule has 1 saturated heterocycles. The lowest BCUT2D eigenvalue weighted by Crippen LogP contribution is -2.28. The minimum absolute atomic E-state index is 0.0128. The molecule has 0 saturated carbocycles. The average molecular weight is 322 g/mol. The van der Waals surface area contributed by atoms with Crippen molar-refractivity contribution in [3.05, 3.63) is 33.8 Å². The summed E-state index contributed by atoms with van der Waals surface area (Å²) in [6.45, 7) is 0. The van der Waals surface area contributed by atoms with Gasteiger partial charge in [-0.15, -0.1) is 0 Å². The monoisotopic (exact) mass is 321 g/mol. The van der Waals surface area contributed by atoms with Gasteiger partial charge in [-0.05, 0) is 46.7 Å². The quantitative estimate of drug-likeness (QED) is 0.833. The van der Waals surface area contributed by atoms with Gasteiger partial charge in [0.05, 0.1) is 4.47 Å². The molecular formula is C12H14BrF2NS. The van der Waals surface area contributed by atoms with Crippen molar-refractivity contribution in [2.45, 2.75) is 30.6 Å². The summed E-state index contributed by atoms with van der Waals surface area (Å²) in [6, 6.07) is 2.06. The van der Waals surface area contributed by atoms with Crippen molar-refractivity contribution in [2.75, 3.05) is 5.75 Å². The number of thioether (sulfide) groups is 1. The van der Waals surface area contributed by atoms with E-state index in [1.54, 1.807) is 11.8 Å². The lowest BCUT2D eigenvalue weighted by atomic mass is 9.99. The number of rotatable bonds is 2. The van der Waals surface area contributed by atoms with Gasteiger partial charge in [-0.2, -0.15) is 11.8 Å². The van der Waals surface area contributed by atoms with Gasteiger partial charge in [-0.1, -0.05) is 6.42 Å². The Morgan fingerprint density at radius 2 is 2.12 bits per heavy atom. The number of nitrogens with two attached hydrogens (primary N) is 1. The Morgan fingerprint density at radius 3 is 2.76 bits per heavy atom. The number of benzene rings is 1. The molecule has 5 heteroatoms. The van der Waals surface area contributed by atoms with E-state index in [1.165, 1.54) is 12.1 Å². The summed E-state index contributed by atoms with van der Waals surface area (Å²) in [6.07, 6.45) is 3.18. The first-order chi connectivity index (χ1) is 8.11. The largest absolute Gasteiger partial charge is 0.323 e. The van der Waals surface area contributed by atoms with Gasteiger partial charge in [0.15, 0.2) is 0 Å². The normalized spacial score (nSPS) is 22.5. The lowest BCUT2D eigenvalue weighted by Gasteiger charge is -2.27. The molecule has 2 rings (SSSR count). The maximum absolute atomic E-state index is 13.9. The zero-order valence-corrected chi connectivity index (χ0v) is 11.7. The van der Waals surface area contributed by atoms with Gasteiger partial charge in [-0.25, -0.2) is 8.78 Å². The predicted molar refractivity (Wildman–Crippen MR) is 71.1 cm³/mol. The summed E-state index contributed by atoms with van der Waals surface area (Å²) in [4.78, 5) is 0. The predicted octanol–water partition coefficient (Wildman–Crippen LogP) is 4.01. The second-order valence-electron chi connectivity index (χ2n) is 4.19. The average Bonchev–Trinajstić information content (AvgIpc) is 2.35. The topological polar surface area (TPSA) is 26.0 Å². The molecule has 94 valence electrons. The highest BCUT2D eigenvalue weighted by molar-refractivity contribution is 9.10. The van der Waals surface area contributed by atoms with Crippen LogP contribution in [-0.2, 0) is 0 Å². The van der Waals surface area contributed by atoms with Crippen LogP contribution in [0, 0.1) is 11.6 Å². The first kappa shape index (κ1) is 13.3. The smallest absolute Gasteiger partial charge is 0.145 e. The molecule has 0 aliphatic carbocycles. The van der Waals surface area contributed by atoms with Crippen molar-refractivity contribution in [1.29, 1.82) is 0 Å². The van der Waals surface area contributed by atoms with Crippen molar-refractivity contribution in [1.82, 2.24) is 0 Å². The van der Waals surface area contributed by atoms with Crippen LogP contribution < -0.4 is 5.73 Å². The summed E-state index contributed by atoms with van der Waals surface area (Å²) in [5.41, 5.74) is 6.03. The van der Waals surface area contributed by atoms with Gasteiger partial charge in [0.2, 0.25) is 0 Å². The molecular weight excluding hydrogens is 308 g/mol. The van der Waals surface area contributed by atoms with Gasteiger partial charge >= 0.3 is 0 Å². The Labute approximate surface area is 112 Å². The Kier molecular flexibility index (Phi) is 4.44. The Balaban J connectivity index is 2.29. The van der Waals surface area contributed by atoms with Gasteiger partial charge in [0.25, 0.3) is 0 Å². The van der Waals surface area contributed by atoms with Crippen LogP contribution in [0.2, 0.25) is 0 Å². The van der Waals surface area contributed by atoms with E-state index >= 15 is 0 Å². The van der Waals surface area contributed by atoms with Crippen molar-refractivity contribution in [3.8, 4) is 0 Å².